The lowest BCUT2D eigenvalue weighted by Gasteiger charge is -2.16. The monoisotopic (exact) mass is 435 g/mol. The lowest BCUT2D eigenvalue weighted by molar-refractivity contribution is 0.614. The summed E-state index contributed by atoms with van der Waals surface area (Å²) in [6.07, 6.45) is 1.44. The van der Waals surface area contributed by atoms with Crippen molar-refractivity contribution in [1.29, 1.82) is 0 Å². The Morgan fingerprint density at radius 1 is 1.00 bits per heavy atom. The Bertz CT molecular complexity index is 1370. The van der Waals surface area contributed by atoms with Crippen LogP contribution in [0.3, 0.4) is 0 Å². The second-order valence-corrected chi connectivity index (χ2v) is 8.41. The number of H-pyrrole nitrogens is 1. The lowest BCUT2D eigenvalue weighted by Crippen LogP contribution is -2.14. The molecule has 0 bridgehead atoms. The van der Waals surface area contributed by atoms with Crippen LogP contribution >= 0.6 is 0 Å². The van der Waals surface area contributed by atoms with Crippen LogP contribution in [0.25, 0.3) is 33.5 Å². The molecule has 0 radical (unpaired) electrons. The number of fused-ring (bicyclic) bond motifs is 1. The second kappa shape index (κ2) is 8.65. The first-order valence-corrected chi connectivity index (χ1v) is 11.1. The zero-order valence-electron chi connectivity index (χ0n) is 17.0. The van der Waals surface area contributed by atoms with Crippen molar-refractivity contribution in [3.8, 4) is 22.6 Å². The smallest absolute Gasteiger partial charge is 0.251 e. The fraction of sp³-hybridized carbons (Fsp3) is 0.182. The number of nitrogens with one attached hydrogen (secondary N) is 2. The number of aromatic amines is 1. The molecule has 2 aromatic heterocycles. The van der Waals surface area contributed by atoms with Crippen molar-refractivity contribution in [3.63, 3.8) is 0 Å². The Morgan fingerprint density at radius 3 is 2.42 bits per heavy atom. The third kappa shape index (κ3) is 4.61. The third-order valence-electron chi connectivity index (χ3n) is 4.69. The summed E-state index contributed by atoms with van der Waals surface area (Å²) < 4.78 is 21.8. The zero-order chi connectivity index (χ0) is 22.0. The minimum Gasteiger partial charge on any atom is -0.380 e. The summed E-state index contributed by atoms with van der Waals surface area (Å²) in [5, 5.41) is 13.0. The van der Waals surface area contributed by atoms with E-state index in [1.165, 1.54) is 12.3 Å². The highest BCUT2D eigenvalue weighted by Gasteiger charge is 2.16. The molecule has 8 nitrogen and oxygen atoms in total. The van der Waals surface area contributed by atoms with E-state index in [9.17, 15) is 13.2 Å². The minimum absolute atomic E-state index is 0.0292. The fourth-order valence-electron chi connectivity index (χ4n) is 3.33. The molecule has 0 amide bonds. The van der Waals surface area contributed by atoms with Crippen LogP contribution in [0.1, 0.15) is 19.4 Å². The van der Waals surface area contributed by atoms with Gasteiger partial charge in [0.05, 0.1) is 17.0 Å². The number of anilines is 1. The highest BCUT2D eigenvalue weighted by atomic mass is 32.2. The van der Waals surface area contributed by atoms with E-state index in [2.05, 4.69) is 25.5 Å². The highest BCUT2D eigenvalue weighted by molar-refractivity contribution is 7.71. The SMILES string of the molecule is CC(C)Nc1c(-c2nccc(=O)[nH]2)nnc2cc(-c3ccc(C[SH](=O)=O)cc3)ccc12. The van der Waals surface area contributed by atoms with Gasteiger partial charge in [-0.2, -0.15) is 0 Å². The molecule has 0 atom stereocenters. The molecule has 4 rings (SSSR count). The van der Waals surface area contributed by atoms with Crippen molar-refractivity contribution in [1.82, 2.24) is 20.2 Å². The maximum Gasteiger partial charge on any atom is 0.251 e. The molecular weight excluding hydrogens is 414 g/mol. The first-order chi connectivity index (χ1) is 14.9. The summed E-state index contributed by atoms with van der Waals surface area (Å²) in [6, 6.07) is 14.7. The van der Waals surface area contributed by atoms with Gasteiger partial charge in [-0.15, -0.1) is 10.2 Å². The van der Waals surface area contributed by atoms with Crippen LogP contribution in [0.4, 0.5) is 5.69 Å². The van der Waals surface area contributed by atoms with Crippen LogP contribution in [0.5, 0.6) is 0 Å². The number of aromatic nitrogens is 4. The molecule has 2 aromatic carbocycles. The molecule has 0 saturated heterocycles. The number of benzene rings is 2. The van der Waals surface area contributed by atoms with E-state index in [0.29, 0.717) is 17.0 Å². The molecule has 0 unspecified atom stereocenters. The minimum atomic E-state index is -2.45. The Morgan fingerprint density at radius 2 is 1.74 bits per heavy atom. The highest BCUT2D eigenvalue weighted by Crippen LogP contribution is 2.32. The quantitative estimate of drug-likeness (QED) is 0.399. The molecule has 0 fully saturated rings. The Balaban J connectivity index is 1.80. The van der Waals surface area contributed by atoms with Gasteiger partial charge in [-0.05, 0) is 42.7 Å². The van der Waals surface area contributed by atoms with Crippen molar-refractivity contribution >= 4 is 27.3 Å². The summed E-state index contributed by atoms with van der Waals surface area (Å²) in [5.41, 5.74) is 4.28. The maximum absolute atomic E-state index is 11.7. The molecule has 0 saturated carbocycles. The molecular formula is C22H21N5O3S. The van der Waals surface area contributed by atoms with Crippen LogP contribution in [-0.4, -0.2) is 34.6 Å². The Labute approximate surface area is 180 Å². The standard InChI is InChI=1S/C22H21N5O3S/c1-13(2)24-20-17-8-7-16(15-5-3-14(4-6-15)12-31(29)30)11-18(17)26-27-21(20)22-23-10-9-19(28)25-22/h3-11,13,31H,12H2,1-2H3,(H,24,26)(H,23,25,28). The van der Waals surface area contributed by atoms with Gasteiger partial charge >= 0.3 is 0 Å². The van der Waals surface area contributed by atoms with E-state index in [1.54, 1.807) is 0 Å². The predicted octanol–water partition coefficient (Wildman–Crippen LogP) is 2.98. The number of hydrogen-bond acceptors (Lipinski definition) is 7. The van der Waals surface area contributed by atoms with Crippen molar-refractivity contribution in [3.05, 3.63) is 70.6 Å². The van der Waals surface area contributed by atoms with E-state index in [4.69, 9.17) is 0 Å². The van der Waals surface area contributed by atoms with Gasteiger partial charge in [0.1, 0.15) is 10.7 Å². The van der Waals surface area contributed by atoms with Gasteiger partial charge in [0, 0.05) is 23.7 Å². The first-order valence-electron chi connectivity index (χ1n) is 9.74. The van der Waals surface area contributed by atoms with E-state index in [1.807, 2.05) is 56.3 Å². The summed E-state index contributed by atoms with van der Waals surface area (Å²) in [5.74, 6) is 0.378. The van der Waals surface area contributed by atoms with Crippen molar-refractivity contribution in [2.24, 2.45) is 0 Å². The van der Waals surface area contributed by atoms with Gasteiger partial charge in [-0.25, -0.2) is 13.4 Å². The van der Waals surface area contributed by atoms with Crippen LogP contribution in [0.15, 0.2) is 59.5 Å². The first kappa shape index (κ1) is 20.7. The van der Waals surface area contributed by atoms with E-state index in [-0.39, 0.29) is 17.4 Å². The molecule has 9 heteroatoms. The fourth-order valence-corrected chi connectivity index (χ4v) is 3.84. The molecule has 0 aliphatic carbocycles. The van der Waals surface area contributed by atoms with Gasteiger partial charge in [-0.1, -0.05) is 30.3 Å². The molecule has 0 spiro atoms. The maximum atomic E-state index is 11.7. The summed E-state index contributed by atoms with van der Waals surface area (Å²) in [4.78, 5) is 18.7. The molecule has 158 valence electrons. The van der Waals surface area contributed by atoms with Crippen molar-refractivity contribution in [2.75, 3.05) is 5.32 Å². The molecule has 0 aliphatic rings. The van der Waals surface area contributed by atoms with Gasteiger partial charge < -0.3 is 10.3 Å². The van der Waals surface area contributed by atoms with Crippen molar-refractivity contribution in [2.45, 2.75) is 25.6 Å². The van der Waals surface area contributed by atoms with Gasteiger partial charge in [0.2, 0.25) is 0 Å². The van der Waals surface area contributed by atoms with Crippen LogP contribution in [0.2, 0.25) is 0 Å². The average Bonchev–Trinajstić information content (AvgIpc) is 2.73. The third-order valence-corrected chi connectivity index (χ3v) is 5.31. The Kier molecular flexibility index (Phi) is 5.77. The van der Waals surface area contributed by atoms with Gasteiger partial charge in [0.25, 0.3) is 5.56 Å². The van der Waals surface area contributed by atoms with E-state index in [0.717, 1.165) is 27.8 Å². The van der Waals surface area contributed by atoms with Crippen LogP contribution in [-0.2, 0) is 16.5 Å². The predicted molar refractivity (Wildman–Crippen MR) is 122 cm³/mol. The second-order valence-electron chi connectivity index (χ2n) is 7.43. The largest absolute Gasteiger partial charge is 0.380 e. The molecule has 0 aliphatic heterocycles. The van der Waals surface area contributed by atoms with Crippen molar-refractivity contribution < 1.29 is 8.42 Å². The number of thiol groups is 1. The topological polar surface area (TPSA) is 118 Å². The van der Waals surface area contributed by atoms with Crippen LogP contribution in [0, 0.1) is 0 Å². The summed E-state index contributed by atoms with van der Waals surface area (Å²) in [6.45, 7) is 4.03. The lowest BCUT2D eigenvalue weighted by atomic mass is 10.0. The molecule has 2 N–H and O–H groups in total. The number of rotatable bonds is 6. The Hall–Kier alpha value is -3.59. The summed E-state index contributed by atoms with van der Waals surface area (Å²) >= 11 is 0. The average molecular weight is 436 g/mol. The number of nitrogens with zero attached hydrogens (tertiary/aromatic N) is 3. The summed E-state index contributed by atoms with van der Waals surface area (Å²) in [7, 11) is -2.45. The number of hydrogen-bond donors (Lipinski definition) is 3. The van der Waals surface area contributed by atoms with E-state index < -0.39 is 10.7 Å². The van der Waals surface area contributed by atoms with Gasteiger partial charge in [0.15, 0.2) is 11.5 Å². The molecule has 31 heavy (non-hydrogen) atoms. The van der Waals surface area contributed by atoms with Crippen LogP contribution < -0.4 is 10.9 Å². The molecule has 4 aromatic rings. The normalized spacial score (nSPS) is 11.4. The zero-order valence-corrected chi connectivity index (χ0v) is 17.9. The van der Waals surface area contributed by atoms with Gasteiger partial charge in [-0.3, -0.25) is 4.79 Å². The molecule has 2 heterocycles. The van der Waals surface area contributed by atoms with E-state index >= 15 is 0 Å².